The molecule has 1 aromatic carbocycles. The van der Waals surface area contributed by atoms with E-state index in [2.05, 4.69) is 81.5 Å². The maximum absolute atomic E-state index is 9.62. The van der Waals surface area contributed by atoms with Crippen LogP contribution in [0.5, 0.6) is 0 Å². The minimum absolute atomic E-state index is 0.561. The number of nitrogens with zero attached hydrogens (tertiary/aromatic N) is 6. The molecule has 0 fully saturated rings. The van der Waals surface area contributed by atoms with Gasteiger partial charge in [-0.25, -0.2) is 9.83 Å². The molecule has 0 aliphatic heterocycles. The van der Waals surface area contributed by atoms with E-state index in [-0.39, 0.29) is 0 Å². The van der Waals surface area contributed by atoms with E-state index in [9.17, 15) is 5.26 Å². The maximum atomic E-state index is 9.62. The van der Waals surface area contributed by atoms with Gasteiger partial charge in [0, 0.05) is 73.3 Å². The van der Waals surface area contributed by atoms with Gasteiger partial charge in [0.1, 0.15) is 27.1 Å². The van der Waals surface area contributed by atoms with Crippen LogP contribution < -0.4 is 0 Å². The van der Waals surface area contributed by atoms with Crippen molar-refractivity contribution in [2.24, 2.45) is 0 Å². The Morgan fingerprint density at radius 3 is 1.68 bits per heavy atom. The summed E-state index contributed by atoms with van der Waals surface area (Å²) in [5.41, 5.74) is 5.10. The number of benzene rings is 1. The number of hydrogen-bond acceptors (Lipinski definition) is 12. The first-order valence-electron chi connectivity index (χ1n) is 13.8. The Morgan fingerprint density at radius 2 is 1.15 bits per heavy atom. The van der Waals surface area contributed by atoms with Gasteiger partial charge < -0.3 is 0 Å². The van der Waals surface area contributed by atoms with Gasteiger partial charge in [0.25, 0.3) is 0 Å². The number of hydrogen-bond donors (Lipinski definition) is 0. The molecule has 0 aliphatic rings. The Balaban J connectivity index is 1.05. The summed E-state index contributed by atoms with van der Waals surface area (Å²) in [6.07, 6.45) is 7.27. The topological polar surface area (TPSA) is 79.7 Å². The summed E-state index contributed by atoms with van der Waals surface area (Å²) in [5.74, 6) is 0. The summed E-state index contributed by atoms with van der Waals surface area (Å²) in [6.45, 7) is 7.57. The molecule has 8 aromatic rings. The number of fused-ring (bicyclic) bond motifs is 1. The van der Waals surface area contributed by atoms with E-state index in [0.717, 1.165) is 61.4 Å². The average molecular weight is 733 g/mol. The van der Waals surface area contributed by atoms with Crippen molar-refractivity contribution in [3.63, 3.8) is 0 Å². The molecule has 7 aromatic heterocycles. The fourth-order valence-corrected chi connectivity index (χ4v) is 10.8. The number of rotatable bonds is 8. The zero-order valence-corrected chi connectivity index (χ0v) is 29.5. The molecule has 0 saturated carbocycles. The van der Waals surface area contributed by atoms with Crippen molar-refractivity contribution in [3.05, 3.63) is 115 Å². The Labute approximate surface area is 297 Å². The average Bonchev–Trinajstić information content (AvgIpc) is 3.92. The van der Waals surface area contributed by atoms with Crippen molar-refractivity contribution >= 4 is 114 Å². The third kappa shape index (κ3) is 5.95. The summed E-state index contributed by atoms with van der Waals surface area (Å²) in [4.78, 5) is 21.2. The summed E-state index contributed by atoms with van der Waals surface area (Å²) >= 11 is 11.0. The van der Waals surface area contributed by atoms with Crippen LogP contribution in [0.4, 0.5) is 0 Å². The Kier molecular flexibility index (Phi) is 8.27. The fourth-order valence-electron chi connectivity index (χ4n) is 4.89. The number of thiazole rings is 2. The van der Waals surface area contributed by atoms with Gasteiger partial charge in [-0.05, 0) is 60.7 Å². The standard InChI is InChI=1S/C34H16N6S7/c1-36-24(34-38-13-15-42-34)17-21-3-7-28(44-21)30-11-9-26(46-30)23-5-4-22(31-32(23)40-47-39-31)25-8-10-29(45-25)27-6-2-20(43-27)16-19(18-35)33-37-12-14-41-33/h2-17H/b19-16+,24-17-. The number of thiophene rings is 4. The predicted molar refractivity (Wildman–Crippen MR) is 203 cm³/mol. The highest BCUT2D eigenvalue weighted by Crippen LogP contribution is 2.44. The third-order valence-corrected chi connectivity index (χ3v) is 13.8. The van der Waals surface area contributed by atoms with Gasteiger partial charge in [-0.3, -0.25) is 4.98 Å². The molecule has 0 saturated heterocycles. The summed E-state index contributed by atoms with van der Waals surface area (Å²) < 4.78 is 9.45. The molecule has 0 N–H and O–H groups in total. The lowest BCUT2D eigenvalue weighted by Crippen LogP contribution is -1.81. The molecule has 0 atom stereocenters. The summed E-state index contributed by atoms with van der Waals surface area (Å²) in [5, 5.41) is 14.9. The van der Waals surface area contributed by atoms with E-state index in [1.165, 1.54) is 44.2 Å². The molecule has 47 heavy (non-hydrogen) atoms. The van der Waals surface area contributed by atoms with Gasteiger partial charge in [0.05, 0.1) is 23.9 Å². The molecular weight excluding hydrogens is 717 g/mol. The highest BCUT2D eigenvalue weighted by atomic mass is 32.1. The van der Waals surface area contributed by atoms with Crippen LogP contribution in [-0.4, -0.2) is 18.7 Å². The summed E-state index contributed by atoms with van der Waals surface area (Å²) in [7, 11) is 0. The molecule has 0 unspecified atom stereocenters. The van der Waals surface area contributed by atoms with Crippen LogP contribution in [0.2, 0.25) is 0 Å². The largest absolute Gasteiger partial charge is 0.257 e. The van der Waals surface area contributed by atoms with Gasteiger partial charge in [0.2, 0.25) is 5.70 Å². The lowest BCUT2D eigenvalue weighted by atomic mass is 10.1. The van der Waals surface area contributed by atoms with Crippen molar-refractivity contribution in [1.82, 2.24) is 18.7 Å². The van der Waals surface area contributed by atoms with Crippen molar-refractivity contribution in [1.29, 1.82) is 5.26 Å². The van der Waals surface area contributed by atoms with Gasteiger partial charge in [-0.15, -0.1) is 68.0 Å². The molecule has 13 heteroatoms. The van der Waals surface area contributed by atoms with Crippen molar-refractivity contribution < 1.29 is 0 Å². The summed E-state index contributed by atoms with van der Waals surface area (Å²) in [6, 6.07) is 23.5. The SMILES string of the molecule is [C-]#[N+]/C(=C\c1ccc(-c2ccc(-c3ccc(-c4ccc(-c5ccc(/C=C(\C#N)c6nccs6)s5)s4)c4nsnc34)s2)s1)c1nccs1. The van der Waals surface area contributed by atoms with Crippen LogP contribution in [0.1, 0.15) is 19.8 Å². The Bertz CT molecular complexity index is 2330. The van der Waals surface area contributed by atoms with Gasteiger partial charge >= 0.3 is 0 Å². The Morgan fingerprint density at radius 1 is 0.638 bits per heavy atom. The van der Waals surface area contributed by atoms with E-state index < -0.39 is 0 Å². The van der Waals surface area contributed by atoms with E-state index >= 15 is 0 Å². The molecule has 0 spiro atoms. The second-order valence-electron chi connectivity index (χ2n) is 9.84. The Hall–Kier alpha value is -4.44. The molecule has 0 aliphatic carbocycles. The predicted octanol–water partition coefficient (Wildman–Crippen LogP) is 12.0. The first-order chi connectivity index (χ1) is 23.2. The highest BCUT2D eigenvalue weighted by Gasteiger charge is 2.18. The number of allylic oxidation sites excluding steroid dienone is 1. The van der Waals surface area contributed by atoms with E-state index in [4.69, 9.17) is 15.3 Å². The van der Waals surface area contributed by atoms with Crippen LogP contribution in [0.25, 0.3) is 79.7 Å². The maximum Gasteiger partial charge on any atom is 0.223 e. The van der Waals surface area contributed by atoms with Gasteiger partial charge in [-0.1, -0.05) is 12.1 Å². The number of nitriles is 1. The van der Waals surface area contributed by atoms with E-state index in [1.807, 2.05) is 22.9 Å². The molecule has 8 rings (SSSR count). The highest BCUT2D eigenvalue weighted by molar-refractivity contribution is 7.25. The smallest absolute Gasteiger partial charge is 0.223 e. The zero-order valence-electron chi connectivity index (χ0n) is 23.8. The fraction of sp³-hybridized carbons (Fsp3) is 0. The lowest BCUT2D eigenvalue weighted by Gasteiger charge is -2.03. The van der Waals surface area contributed by atoms with E-state index in [0.29, 0.717) is 11.3 Å². The van der Waals surface area contributed by atoms with E-state index in [1.54, 1.807) is 57.7 Å². The minimum Gasteiger partial charge on any atom is -0.257 e. The first-order valence-corrected chi connectivity index (χ1v) is 19.6. The van der Waals surface area contributed by atoms with Crippen LogP contribution in [0, 0.1) is 17.9 Å². The molecule has 0 amide bonds. The number of aromatic nitrogens is 4. The molecule has 224 valence electrons. The molecule has 7 heterocycles. The minimum atomic E-state index is 0.561. The van der Waals surface area contributed by atoms with Crippen molar-refractivity contribution in [2.75, 3.05) is 0 Å². The normalized spacial score (nSPS) is 12.0. The second-order valence-corrected chi connectivity index (χ2v) is 16.6. The molecule has 0 bridgehead atoms. The monoisotopic (exact) mass is 732 g/mol. The third-order valence-electron chi connectivity index (χ3n) is 7.02. The zero-order chi connectivity index (χ0) is 31.7. The second kappa shape index (κ2) is 13.0. The van der Waals surface area contributed by atoms with Crippen LogP contribution in [-0.2, 0) is 0 Å². The van der Waals surface area contributed by atoms with Crippen molar-refractivity contribution in [2.45, 2.75) is 0 Å². The van der Waals surface area contributed by atoms with Crippen LogP contribution >= 0.6 is 79.7 Å². The van der Waals surface area contributed by atoms with Gasteiger partial charge in [0.15, 0.2) is 0 Å². The quantitative estimate of drug-likeness (QED) is 0.115. The van der Waals surface area contributed by atoms with Gasteiger partial charge in [-0.2, -0.15) is 14.0 Å². The van der Waals surface area contributed by atoms with Crippen LogP contribution in [0.15, 0.2) is 83.8 Å². The van der Waals surface area contributed by atoms with Crippen LogP contribution in [0.3, 0.4) is 0 Å². The molecule has 6 nitrogen and oxygen atoms in total. The van der Waals surface area contributed by atoms with Crippen molar-refractivity contribution in [3.8, 4) is 46.5 Å². The molecular formula is C34H16N6S7. The molecule has 0 radical (unpaired) electrons. The first kappa shape index (κ1) is 29.9. The lowest BCUT2D eigenvalue weighted by molar-refractivity contribution is 1.38.